The number of aromatic nitrogens is 4. The third kappa shape index (κ3) is 4.35. The van der Waals surface area contributed by atoms with Crippen molar-refractivity contribution >= 4 is 44.9 Å². The van der Waals surface area contributed by atoms with Crippen molar-refractivity contribution in [3.8, 4) is 22.3 Å². The topological polar surface area (TPSA) is 75.8 Å². The van der Waals surface area contributed by atoms with Crippen LogP contribution in [0.15, 0.2) is 64.3 Å². The Morgan fingerprint density at radius 1 is 1.16 bits per heavy atom. The first-order valence-electron chi connectivity index (χ1n) is 9.56. The fourth-order valence-corrected chi connectivity index (χ4v) is 5.38. The van der Waals surface area contributed by atoms with E-state index in [0.29, 0.717) is 39.4 Å². The van der Waals surface area contributed by atoms with Gasteiger partial charge in [-0.3, -0.25) is 4.79 Å². The summed E-state index contributed by atoms with van der Waals surface area (Å²) in [6.07, 6.45) is 0. The van der Waals surface area contributed by atoms with Gasteiger partial charge in [0, 0.05) is 27.9 Å². The number of benzene rings is 2. The van der Waals surface area contributed by atoms with E-state index in [0.717, 1.165) is 15.1 Å². The van der Waals surface area contributed by atoms with Crippen LogP contribution in [-0.4, -0.2) is 25.1 Å². The quantitative estimate of drug-likeness (QED) is 0.276. The molecule has 3 heterocycles. The maximum atomic E-state index is 13.2. The minimum atomic E-state index is -0.259. The average Bonchev–Trinajstić information content (AvgIpc) is 3.32. The number of rotatable bonds is 5. The molecule has 0 radical (unpaired) electrons. The molecule has 0 fully saturated rings. The zero-order valence-electron chi connectivity index (χ0n) is 17.4. The number of halogens is 1. The normalized spacial score (nSPS) is 11.2. The molecule has 0 saturated carbocycles. The molecule has 32 heavy (non-hydrogen) atoms. The first kappa shape index (κ1) is 23.4. The van der Waals surface area contributed by atoms with Crippen LogP contribution in [0.3, 0.4) is 0 Å². The summed E-state index contributed by atoms with van der Waals surface area (Å²) in [6.45, 7) is 2.28. The van der Waals surface area contributed by atoms with Crippen LogP contribution >= 0.6 is 34.7 Å². The summed E-state index contributed by atoms with van der Waals surface area (Å²) in [7, 11) is 0. The van der Waals surface area contributed by atoms with E-state index in [9.17, 15) is 9.90 Å². The third-order valence-electron chi connectivity index (χ3n) is 5.02. The summed E-state index contributed by atoms with van der Waals surface area (Å²) in [5.74, 6) is 0.518. The Bertz CT molecular complexity index is 1400. The van der Waals surface area contributed by atoms with Gasteiger partial charge in [-0.25, -0.2) is 4.98 Å². The first-order valence-corrected chi connectivity index (χ1v) is 11.7. The minimum Gasteiger partial charge on any atom is -0.860 e. The minimum absolute atomic E-state index is 0. The number of nitrogens with zero attached hydrogens (tertiary/aromatic N) is 4. The summed E-state index contributed by atoms with van der Waals surface area (Å²) in [5.41, 5.74) is 2.03. The van der Waals surface area contributed by atoms with Crippen LogP contribution in [0.1, 0.15) is 5.69 Å². The van der Waals surface area contributed by atoms with Crippen LogP contribution in [0.25, 0.3) is 26.6 Å². The van der Waals surface area contributed by atoms with Gasteiger partial charge in [0.25, 0.3) is 5.56 Å². The SMILES string of the molecule is Cc1c2c(=O)n(-c3nc4ccccc4s3)nc-2cc([O-])n1CCSc1ccc(Cl)cc1.[Na+]. The van der Waals surface area contributed by atoms with Gasteiger partial charge in [-0.05, 0) is 55.3 Å². The molecular weight excluding hydrogens is 475 g/mol. The number of thioether (sulfide) groups is 1. The Labute approximate surface area is 219 Å². The molecule has 0 N–H and O–H groups in total. The predicted octanol–water partition coefficient (Wildman–Crippen LogP) is 1.58. The number of para-hydroxylation sites is 1. The van der Waals surface area contributed by atoms with E-state index in [1.165, 1.54) is 22.1 Å². The van der Waals surface area contributed by atoms with E-state index >= 15 is 0 Å². The van der Waals surface area contributed by atoms with Gasteiger partial charge in [-0.1, -0.05) is 35.1 Å². The summed E-state index contributed by atoms with van der Waals surface area (Å²) in [6, 6.07) is 16.7. The molecule has 0 atom stereocenters. The Hall–Kier alpha value is -1.81. The molecule has 5 rings (SSSR count). The standard InChI is InChI=1S/C22H17ClN4O2S2.Na/c1-13-20-17(12-19(28)26(13)10-11-30-15-8-6-14(23)7-9-15)25-27(21(20)29)22-24-16-4-2-3-5-18(16)31-22;/h2-9,12,28H,10-11H2,1H3;/q;+1/p-1. The second-order valence-corrected chi connectivity index (χ2v) is 9.58. The molecule has 0 saturated heterocycles. The second kappa shape index (κ2) is 9.59. The van der Waals surface area contributed by atoms with Crippen molar-refractivity contribution in [2.45, 2.75) is 18.4 Å². The Morgan fingerprint density at radius 3 is 2.66 bits per heavy atom. The largest absolute Gasteiger partial charge is 1.00 e. The van der Waals surface area contributed by atoms with Gasteiger partial charge in [-0.2, -0.15) is 9.78 Å². The third-order valence-corrected chi connectivity index (χ3v) is 7.28. The first-order chi connectivity index (χ1) is 15.0. The maximum absolute atomic E-state index is 13.2. The monoisotopic (exact) mass is 490 g/mol. The zero-order valence-corrected chi connectivity index (χ0v) is 21.8. The number of hydrogen-bond acceptors (Lipinski definition) is 6. The Balaban J connectivity index is 0.00000245. The molecule has 2 aliphatic rings. The smallest absolute Gasteiger partial charge is 0.860 e. The maximum Gasteiger partial charge on any atom is 1.00 e. The number of fused-ring (bicyclic) bond motifs is 2. The van der Waals surface area contributed by atoms with Gasteiger partial charge in [0.05, 0.1) is 21.5 Å². The van der Waals surface area contributed by atoms with Crippen molar-refractivity contribution in [1.29, 1.82) is 0 Å². The summed E-state index contributed by atoms with van der Waals surface area (Å²) in [4.78, 5) is 18.7. The second-order valence-electron chi connectivity index (χ2n) is 6.96. The van der Waals surface area contributed by atoms with Crippen LogP contribution in [0.5, 0.6) is 5.88 Å². The van der Waals surface area contributed by atoms with Gasteiger partial charge in [0.2, 0.25) is 5.13 Å². The van der Waals surface area contributed by atoms with E-state index in [4.69, 9.17) is 11.6 Å². The van der Waals surface area contributed by atoms with E-state index in [2.05, 4.69) is 10.1 Å². The van der Waals surface area contributed by atoms with Gasteiger partial charge < -0.3 is 9.67 Å². The summed E-state index contributed by atoms with van der Waals surface area (Å²) in [5, 5.41) is 18.3. The molecule has 10 heteroatoms. The van der Waals surface area contributed by atoms with Crippen LogP contribution in [0, 0.1) is 6.92 Å². The molecule has 6 nitrogen and oxygen atoms in total. The summed E-state index contributed by atoms with van der Waals surface area (Å²) < 4.78 is 3.91. The van der Waals surface area contributed by atoms with Crippen LogP contribution in [0.2, 0.25) is 5.02 Å². The number of thiazole rings is 1. The molecule has 0 unspecified atom stereocenters. The molecule has 1 aromatic heterocycles. The molecule has 2 aliphatic heterocycles. The van der Waals surface area contributed by atoms with Crippen molar-refractivity contribution < 1.29 is 34.7 Å². The van der Waals surface area contributed by atoms with Gasteiger partial charge in [0.15, 0.2) is 0 Å². The van der Waals surface area contributed by atoms with Crippen LogP contribution in [0.4, 0.5) is 0 Å². The summed E-state index contributed by atoms with van der Waals surface area (Å²) >= 11 is 8.95. The van der Waals surface area contributed by atoms with Crippen molar-refractivity contribution in [3.63, 3.8) is 0 Å². The van der Waals surface area contributed by atoms with Crippen LogP contribution < -0.4 is 40.2 Å². The molecule has 0 spiro atoms. The van der Waals surface area contributed by atoms with E-state index in [1.54, 1.807) is 23.3 Å². The molecule has 3 aromatic rings. The molecule has 0 bridgehead atoms. The van der Waals surface area contributed by atoms with Crippen molar-refractivity contribution in [3.05, 3.63) is 75.7 Å². The van der Waals surface area contributed by atoms with Gasteiger partial charge in [-0.15, -0.1) is 11.8 Å². The fourth-order valence-electron chi connectivity index (χ4n) is 3.50. The van der Waals surface area contributed by atoms with Crippen molar-refractivity contribution in [2.75, 3.05) is 5.75 Å². The molecule has 0 amide bonds. The average molecular weight is 491 g/mol. The predicted molar refractivity (Wildman–Crippen MR) is 124 cm³/mol. The number of pyridine rings is 1. The van der Waals surface area contributed by atoms with E-state index in [-0.39, 0.29) is 41.0 Å². The van der Waals surface area contributed by atoms with E-state index in [1.807, 2.05) is 48.5 Å². The Kier molecular flexibility index (Phi) is 7.00. The zero-order chi connectivity index (χ0) is 21.5. The van der Waals surface area contributed by atoms with Crippen LogP contribution in [-0.2, 0) is 6.54 Å². The molecule has 2 aromatic carbocycles. The molecule has 0 aliphatic carbocycles. The van der Waals surface area contributed by atoms with E-state index < -0.39 is 0 Å². The van der Waals surface area contributed by atoms with Gasteiger partial charge >= 0.3 is 29.6 Å². The molecule has 156 valence electrons. The fraction of sp³-hybridized carbons (Fsp3) is 0.136. The molecular formula is C22H16ClN4NaO2S2. The van der Waals surface area contributed by atoms with Crippen molar-refractivity contribution in [1.82, 2.24) is 19.3 Å². The van der Waals surface area contributed by atoms with Crippen molar-refractivity contribution in [2.24, 2.45) is 0 Å². The Morgan fingerprint density at radius 2 is 1.91 bits per heavy atom. The van der Waals surface area contributed by atoms with Gasteiger partial charge in [0.1, 0.15) is 0 Å². The number of hydrogen-bond donors (Lipinski definition) is 0.